The molecule has 0 bridgehead atoms. The molecule has 2 heterocycles. The van der Waals surface area contributed by atoms with Crippen LogP contribution in [0.2, 0.25) is 0 Å². The Balaban J connectivity index is 1.67. The minimum absolute atomic E-state index is 0.0639. The normalized spacial score (nSPS) is 22.2. The number of aromatic hydroxyl groups is 2. The molecule has 1 saturated heterocycles. The highest BCUT2D eigenvalue weighted by Crippen LogP contribution is 2.40. The van der Waals surface area contributed by atoms with Gasteiger partial charge in [0.25, 0.3) is 0 Å². The van der Waals surface area contributed by atoms with Gasteiger partial charge in [-0.3, -0.25) is 9.69 Å². The lowest BCUT2D eigenvalue weighted by atomic mass is 10.1. The van der Waals surface area contributed by atoms with Crippen LogP contribution in [-0.2, 0) is 14.3 Å². The van der Waals surface area contributed by atoms with Crippen molar-refractivity contribution in [2.45, 2.75) is 17.0 Å². The number of ether oxygens (including phenoxy) is 1. The van der Waals surface area contributed by atoms with Crippen LogP contribution in [0.3, 0.4) is 0 Å². The third kappa shape index (κ3) is 2.90. The van der Waals surface area contributed by atoms with E-state index < -0.39 is 17.7 Å². The summed E-state index contributed by atoms with van der Waals surface area (Å²) in [6, 6.07) is 3.55. The number of hydrogen-bond donors (Lipinski definition) is 3. The summed E-state index contributed by atoms with van der Waals surface area (Å²) in [6.45, 7) is -0.0690. The Labute approximate surface area is 140 Å². The van der Waals surface area contributed by atoms with Crippen LogP contribution in [0.1, 0.15) is 16.8 Å². The summed E-state index contributed by atoms with van der Waals surface area (Å²) in [5, 5.41) is 27.1. The van der Waals surface area contributed by atoms with E-state index in [2.05, 4.69) is 0 Å². The van der Waals surface area contributed by atoms with Crippen LogP contribution in [-0.4, -0.2) is 55.3 Å². The van der Waals surface area contributed by atoms with Crippen molar-refractivity contribution < 1.29 is 34.4 Å². The molecule has 1 aromatic carbocycles. The van der Waals surface area contributed by atoms with E-state index in [0.717, 1.165) is 6.07 Å². The lowest BCUT2D eigenvalue weighted by Crippen LogP contribution is -2.54. The van der Waals surface area contributed by atoms with Crippen LogP contribution in [0.25, 0.3) is 0 Å². The second-order valence-corrected chi connectivity index (χ2v) is 6.68. The first-order chi connectivity index (χ1) is 11.4. The zero-order chi connectivity index (χ0) is 17.4. The molecule has 3 N–H and O–H groups in total. The second-order valence-electron chi connectivity index (χ2n) is 5.26. The number of carboxylic acid groups (broad SMARTS) is 1. The van der Waals surface area contributed by atoms with Crippen LogP contribution in [0.4, 0.5) is 0 Å². The molecule has 0 spiro atoms. The summed E-state index contributed by atoms with van der Waals surface area (Å²) in [6.07, 6.45) is 1.65. The van der Waals surface area contributed by atoms with Gasteiger partial charge in [-0.25, -0.2) is 9.59 Å². The summed E-state index contributed by atoms with van der Waals surface area (Å²) in [5.41, 5.74) is -0.0349. The number of nitrogens with zero attached hydrogens (tertiary/aromatic N) is 1. The Hall–Kier alpha value is -2.68. The van der Waals surface area contributed by atoms with E-state index in [1.807, 2.05) is 0 Å². The number of carboxylic acids is 1. The van der Waals surface area contributed by atoms with Gasteiger partial charge in [0.05, 0.1) is 22.6 Å². The first kappa shape index (κ1) is 16.2. The predicted octanol–water partition coefficient (Wildman–Crippen LogP) is 0.897. The SMILES string of the molecule is O=C(O)C1=CC(COC(=O)c2ccc(O)c(O)c2)S[C@@H]2CC(=O)N12. The Kier molecular flexibility index (Phi) is 4.10. The highest BCUT2D eigenvalue weighted by Gasteiger charge is 2.45. The van der Waals surface area contributed by atoms with Gasteiger partial charge in [0.2, 0.25) is 5.91 Å². The average Bonchev–Trinajstić information content (AvgIpc) is 2.53. The summed E-state index contributed by atoms with van der Waals surface area (Å²) in [4.78, 5) is 35.9. The van der Waals surface area contributed by atoms with Gasteiger partial charge in [0.1, 0.15) is 12.3 Å². The van der Waals surface area contributed by atoms with Crippen molar-refractivity contribution in [3.8, 4) is 11.5 Å². The molecule has 0 aliphatic carbocycles. The number of phenolic OH excluding ortho intramolecular Hbond substituents is 2. The molecule has 3 rings (SSSR count). The molecular formula is C15H13NO7S. The number of β-lactam (4-membered cyclic amide) rings is 1. The van der Waals surface area contributed by atoms with Crippen molar-refractivity contribution in [1.82, 2.24) is 4.90 Å². The Bertz CT molecular complexity index is 760. The van der Waals surface area contributed by atoms with Crippen molar-refractivity contribution in [3.63, 3.8) is 0 Å². The maximum absolute atomic E-state index is 12.0. The minimum Gasteiger partial charge on any atom is -0.504 e. The number of benzene rings is 1. The smallest absolute Gasteiger partial charge is 0.352 e. The molecule has 1 unspecified atom stereocenters. The number of rotatable bonds is 4. The highest BCUT2D eigenvalue weighted by atomic mass is 32.2. The van der Waals surface area contributed by atoms with Crippen LogP contribution < -0.4 is 0 Å². The topological polar surface area (TPSA) is 124 Å². The fraction of sp³-hybridized carbons (Fsp3) is 0.267. The number of hydrogen-bond acceptors (Lipinski definition) is 7. The molecule has 0 aromatic heterocycles. The number of carbonyl (C=O) groups excluding carboxylic acids is 2. The standard InChI is InChI=1S/C15H13NO7S/c17-10-2-1-7(3-11(10)18)15(22)23-6-8-4-9(14(20)21)16-12(19)5-13(16)24-8/h1-4,8,13,17-18H,5-6H2,(H,20,21)/t8?,13-/m1/s1. The van der Waals surface area contributed by atoms with E-state index in [0.29, 0.717) is 0 Å². The lowest BCUT2D eigenvalue weighted by molar-refractivity contribution is -0.146. The maximum Gasteiger partial charge on any atom is 0.352 e. The van der Waals surface area contributed by atoms with Gasteiger partial charge in [-0.2, -0.15) is 0 Å². The number of aliphatic carboxylic acids is 1. The summed E-state index contributed by atoms with van der Waals surface area (Å²) in [5.74, 6) is -2.93. The Morgan fingerprint density at radius 3 is 2.67 bits per heavy atom. The van der Waals surface area contributed by atoms with Gasteiger partial charge in [-0.15, -0.1) is 11.8 Å². The van der Waals surface area contributed by atoms with Crippen molar-refractivity contribution in [1.29, 1.82) is 0 Å². The molecule has 2 aliphatic rings. The number of phenols is 2. The van der Waals surface area contributed by atoms with Gasteiger partial charge < -0.3 is 20.1 Å². The molecule has 1 fully saturated rings. The van der Waals surface area contributed by atoms with E-state index >= 15 is 0 Å². The molecule has 24 heavy (non-hydrogen) atoms. The van der Waals surface area contributed by atoms with Crippen LogP contribution >= 0.6 is 11.8 Å². The van der Waals surface area contributed by atoms with Crippen molar-refractivity contribution in [3.05, 3.63) is 35.5 Å². The van der Waals surface area contributed by atoms with Crippen molar-refractivity contribution >= 4 is 29.6 Å². The van der Waals surface area contributed by atoms with Crippen molar-refractivity contribution in [2.24, 2.45) is 0 Å². The first-order valence-electron chi connectivity index (χ1n) is 6.98. The van der Waals surface area contributed by atoms with Gasteiger partial charge in [-0.1, -0.05) is 0 Å². The number of esters is 1. The molecule has 2 aliphatic heterocycles. The van der Waals surface area contributed by atoms with E-state index in [9.17, 15) is 29.7 Å². The van der Waals surface area contributed by atoms with Crippen LogP contribution in [0.15, 0.2) is 30.0 Å². The zero-order valence-corrected chi connectivity index (χ0v) is 13.0. The van der Waals surface area contributed by atoms with Crippen molar-refractivity contribution in [2.75, 3.05) is 6.61 Å². The Morgan fingerprint density at radius 2 is 2.04 bits per heavy atom. The number of thioether (sulfide) groups is 1. The predicted molar refractivity (Wildman–Crippen MR) is 82.4 cm³/mol. The second kappa shape index (κ2) is 6.08. The fourth-order valence-electron chi connectivity index (χ4n) is 2.44. The molecule has 126 valence electrons. The van der Waals surface area contributed by atoms with E-state index in [1.165, 1.54) is 34.9 Å². The summed E-state index contributed by atoms with van der Waals surface area (Å²) < 4.78 is 5.13. The van der Waals surface area contributed by atoms with Gasteiger partial charge in [0.15, 0.2) is 11.5 Å². The monoisotopic (exact) mass is 351 g/mol. The Morgan fingerprint density at radius 1 is 1.29 bits per heavy atom. The highest BCUT2D eigenvalue weighted by molar-refractivity contribution is 8.00. The molecule has 0 radical (unpaired) electrons. The number of amides is 1. The van der Waals surface area contributed by atoms with E-state index in [1.54, 1.807) is 0 Å². The third-order valence-electron chi connectivity index (χ3n) is 3.65. The molecule has 8 nitrogen and oxygen atoms in total. The molecule has 1 amide bonds. The minimum atomic E-state index is -1.20. The number of carbonyl (C=O) groups is 3. The molecule has 2 atom stereocenters. The fourth-order valence-corrected chi connectivity index (χ4v) is 3.79. The van der Waals surface area contributed by atoms with E-state index in [-0.39, 0.29) is 46.6 Å². The van der Waals surface area contributed by atoms with Crippen LogP contribution in [0.5, 0.6) is 11.5 Å². The van der Waals surface area contributed by atoms with Crippen LogP contribution in [0, 0.1) is 0 Å². The number of fused-ring (bicyclic) bond motifs is 1. The molecule has 1 aromatic rings. The van der Waals surface area contributed by atoms with Gasteiger partial charge in [-0.05, 0) is 24.3 Å². The molecule has 0 saturated carbocycles. The maximum atomic E-state index is 12.0. The summed E-state index contributed by atoms with van der Waals surface area (Å²) >= 11 is 1.35. The zero-order valence-electron chi connectivity index (χ0n) is 12.2. The summed E-state index contributed by atoms with van der Waals surface area (Å²) in [7, 11) is 0. The quantitative estimate of drug-likeness (QED) is 0.415. The average molecular weight is 351 g/mol. The lowest BCUT2D eigenvalue weighted by Gasteiger charge is -2.44. The third-order valence-corrected chi connectivity index (χ3v) is 4.96. The molecule has 9 heteroatoms. The van der Waals surface area contributed by atoms with E-state index in [4.69, 9.17) is 4.74 Å². The van der Waals surface area contributed by atoms with Gasteiger partial charge >= 0.3 is 11.9 Å². The largest absolute Gasteiger partial charge is 0.504 e. The molecular weight excluding hydrogens is 338 g/mol. The van der Waals surface area contributed by atoms with Gasteiger partial charge in [0, 0.05) is 0 Å². The first-order valence-corrected chi connectivity index (χ1v) is 7.93.